The summed E-state index contributed by atoms with van der Waals surface area (Å²) in [4.78, 5) is 38.0. The zero-order valence-electron chi connectivity index (χ0n) is 11.9. The van der Waals surface area contributed by atoms with E-state index in [-0.39, 0.29) is 24.7 Å². The van der Waals surface area contributed by atoms with Crippen LogP contribution in [0, 0.1) is 0 Å². The first-order valence-corrected chi connectivity index (χ1v) is 6.74. The maximum Gasteiger partial charge on any atom is 0.306 e. The van der Waals surface area contributed by atoms with E-state index < -0.39 is 5.97 Å². The van der Waals surface area contributed by atoms with Crippen molar-refractivity contribution < 1.29 is 19.1 Å². The van der Waals surface area contributed by atoms with E-state index in [1.165, 1.54) is 12.4 Å². The fraction of sp³-hybridized carbons (Fsp3) is 0.429. The van der Waals surface area contributed by atoms with E-state index in [0.717, 1.165) is 0 Å². The van der Waals surface area contributed by atoms with Gasteiger partial charge in [-0.05, 0) is 19.1 Å². The molecule has 0 radical (unpaired) electrons. The molecule has 0 fully saturated rings. The molecule has 0 unspecified atom stereocenters. The minimum Gasteiger partial charge on any atom is -0.466 e. The van der Waals surface area contributed by atoms with Gasteiger partial charge >= 0.3 is 5.97 Å². The summed E-state index contributed by atoms with van der Waals surface area (Å²) < 4.78 is 4.72. The molecule has 0 aliphatic rings. The van der Waals surface area contributed by atoms with Crippen LogP contribution in [0.3, 0.4) is 0 Å². The summed E-state index contributed by atoms with van der Waals surface area (Å²) in [5.41, 5.74) is 0.513. The molecule has 1 aromatic heterocycles. The summed E-state index contributed by atoms with van der Waals surface area (Å²) in [6, 6.07) is 3.21. The van der Waals surface area contributed by atoms with Gasteiger partial charge in [0.15, 0.2) is 0 Å². The molecule has 0 saturated heterocycles. The fourth-order valence-corrected chi connectivity index (χ4v) is 1.52. The minimum atomic E-state index is -0.390. The van der Waals surface area contributed by atoms with Crippen LogP contribution in [0.4, 0.5) is 0 Å². The molecular weight excluding hydrogens is 274 g/mol. The summed E-state index contributed by atoms with van der Waals surface area (Å²) in [5, 5.41) is 5.28. The quantitative estimate of drug-likeness (QED) is 0.529. The zero-order valence-corrected chi connectivity index (χ0v) is 11.9. The maximum atomic E-state index is 11.7. The zero-order chi connectivity index (χ0) is 15.5. The molecule has 7 nitrogen and oxygen atoms in total. The highest BCUT2D eigenvalue weighted by Crippen LogP contribution is 1.95. The Kier molecular flexibility index (Phi) is 7.49. The van der Waals surface area contributed by atoms with Gasteiger partial charge in [-0.2, -0.15) is 0 Å². The summed E-state index contributed by atoms with van der Waals surface area (Å²) in [6.07, 6.45) is 3.21. The highest BCUT2D eigenvalue weighted by Gasteiger charge is 2.07. The Morgan fingerprint density at radius 1 is 1.10 bits per heavy atom. The summed E-state index contributed by atoms with van der Waals surface area (Å²) in [7, 11) is 0. The lowest BCUT2D eigenvalue weighted by atomic mass is 10.2. The summed E-state index contributed by atoms with van der Waals surface area (Å²) >= 11 is 0. The first kappa shape index (κ1) is 16.6. The molecule has 0 aromatic carbocycles. The van der Waals surface area contributed by atoms with Gasteiger partial charge in [0, 0.05) is 37.5 Å². The van der Waals surface area contributed by atoms with Crippen molar-refractivity contribution in [3.8, 4) is 0 Å². The highest BCUT2D eigenvalue weighted by molar-refractivity contribution is 5.94. The molecule has 114 valence electrons. The molecule has 0 spiro atoms. The van der Waals surface area contributed by atoms with E-state index in [9.17, 15) is 14.4 Å². The van der Waals surface area contributed by atoms with E-state index in [4.69, 9.17) is 4.74 Å². The van der Waals surface area contributed by atoms with E-state index in [2.05, 4.69) is 15.6 Å². The van der Waals surface area contributed by atoms with Crippen LogP contribution in [0.25, 0.3) is 0 Å². The number of pyridine rings is 1. The summed E-state index contributed by atoms with van der Waals surface area (Å²) in [5.74, 6) is -0.863. The Morgan fingerprint density at radius 3 is 2.43 bits per heavy atom. The Bertz CT molecular complexity index is 476. The van der Waals surface area contributed by atoms with Crippen molar-refractivity contribution in [1.82, 2.24) is 15.6 Å². The standard InChI is InChI=1S/C14H19N3O4/c1-2-21-13(19)4-3-12(18)16-9-10-17-14(20)11-5-7-15-8-6-11/h5-8H,2-4,9-10H2,1H3,(H,16,18)(H,17,20). The second-order valence-electron chi connectivity index (χ2n) is 4.15. The fourth-order valence-electron chi connectivity index (χ4n) is 1.52. The van der Waals surface area contributed by atoms with Gasteiger partial charge in [0.1, 0.15) is 0 Å². The number of rotatable bonds is 8. The third-order valence-corrected chi connectivity index (χ3v) is 2.54. The Morgan fingerprint density at radius 2 is 1.76 bits per heavy atom. The van der Waals surface area contributed by atoms with Crippen molar-refractivity contribution in [2.75, 3.05) is 19.7 Å². The Labute approximate surface area is 123 Å². The molecule has 0 aliphatic carbocycles. The predicted molar refractivity (Wildman–Crippen MR) is 75.4 cm³/mol. The monoisotopic (exact) mass is 293 g/mol. The molecule has 0 bridgehead atoms. The molecule has 21 heavy (non-hydrogen) atoms. The van der Waals surface area contributed by atoms with Crippen molar-refractivity contribution in [1.29, 1.82) is 0 Å². The van der Waals surface area contributed by atoms with Crippen LogP contribution in [0.1, 0.15) is 30.1 Å². The SMILES string of the molecule is CCOC(=O)CCC(=O)NCCNC(=O)c1ccncc1. The lowest BCUT2D eigenvalue weighted by Crippen LogP contribution is -2.34. The van der Waals surface area contributed by atoms with E-state index >= 15 is 0 Å². The molecule has 1 rings (SSSR count). The number of carbonyl (C=O) groups is 3. The van der Waals surface area contributed by atoms with Crippen molar-refractivity contribution in [3.63, 3.8) is 0 Å². The predicted octanol–water partition coefficient (Wildman–Crippen LogP) is 0.271. The van der Waals surface area contributed by atoms with Crippen LogP contribution in [-0.4, -0.2) is 42.5 Å². The third-order valence-electron chi connectivity index (χ3n) is 2.54. The van der Waals surface area contributed by atoms with Crippen LogP contribution in [0.5, 0.6) is 0 Å². The first-order chi connectivity index (χ1) is 10.1. The number of amides is 2. The number of hydrogen-bond donors (Lipinski definition) is 2. The van der Waals surface area contributed by atoms with Gasteiger partial charge in [-0.3, -0.25) is 19.4 Å². The van der Waals surface area contributed by atoms with Gasteiger partial charge in [0.25, 0.3) is 5.91 Å². The number of ether oxygens (including phenoxy) is 1. The van der Waals surface area contributed by atoms with Crippen molar-refractivity contribution in [2.45, 2.75) is 19.8 Å². The van der Waals surface area contributed by atoms with Gasteiger partial charge < -0.3 is 15.4 Å². The normalized spacial score (nSPS) is 9.76. The van der Waals surface area contributed by atoms with Crippen LogP contribution >= 0.6 is 0 Å². The number of esters is 1. The Balaban J connectivity index is 2.12. The van der Waals surface area contributed by atoms with Gasteiger partial charge in [0.2, 0.25) is 5.91 Å². The van der Waals surface area contributed by atoms with Gasteiger partial charge in [0.05, 0.1) is 13.0 Å². The molecule has 0 saturated carbocycles. The minimum absolute atomic E-state index is 0.0586. The van der Waals surface area contributed by atoms with Gasteiger partial charge in [-0.15, -0.1) is 0 Å². The summed E-state index contributed by atoms with van der Waals surface area (Å²) in [6.45, 7) is 2.63. The van der Waals surface area contributed by atoms with Crippen molar-refractivity contribution in [2.24, 2.45) is 0 Å². The number of nitrogens with one attached hydrogen (secondary N) is 2. The molecule has 0 aliphatic heterocycles. The lowest BCUT2D eigenvalue weighted by Gasteiger charge is -2.07. The maximum absolute atomic E-state index is 11.7. The van der Waals surface area contributed by atoms with E-state index in [1.807, 2.05) is 0 Å². The number of hydrogen-bond acceptors (Lipinski definition) is 5. The molecule has 1 aromatic rings. The Hall–Kier alpha value is -2.44. The average Bonchev–Trinajstić information content (AvgIpc) is 2.50. The molecule has 7 heteroatoms. The van der Waals surface area contributed by atoms with E-state index in [0.29, 0.717) is 25.3 Å². The van der Waals surface area contributed by atoms with Gasteiger partial charge in [-0.25, -0.2) is 0 Å². The van der Waals surface area contributed by atoms with Gasteiger partial charge in [-0.1, -0.05) is 0 Å². The molecule has 0 atom stereocenters. The van der Waals surface area contributed by atoms with Crippen molar-refractivity contribution >= 4 is 17.8 Å². The molecule has 1 heterocycles. The number of nitrogens with zero attached hydrogens (tertiary/aromatic N) is 1. The molecule has 2 amide bonds. The van der Waals surface area contributed by atoms with Crippen molar-refractivity contribution in [3.05, 3.63) is 30.1 Å². The topological polar surface area (TPSA) is 97.4 Å². The second-order valence-corrected chi connectivity index (χ2v) is 4.15. The third kappa shape index (κ3) is 7.05. The first-order valence-electron chi connectivity index (χ1n) is 6.74. The number of aromatic nitrogens is 1. The molecule has 2 N–H and O–H groups in total. The average molecular weight is 293 g/mol. The smallest absolute Gasteiger partial charge is 0.306 e. The van der Waals surface area contributed by atoms with Crippen LogP contribution in [-0.2, 0) is 14.3 Å². The van der Waals surface area contributed by atoms with Crippen LogP contribution in [0.2, 0.25) is 0 Å². The second kappa shape index (κ2) is 9.46. The van der Waals surface area contributed by atoms with Crippen LogP contribution in [0.15, 0.2) is 24.5 Å². The lowest BCUT2D eigenvalue weighted by molar-refractivity contribution is -0.144. The van der Waals surface area contributed by atoms with Crippen LogP contribution < -0.4 is 10.6 Å². The van der Waals surface area contributed by atoms with E-state index in [1.54, 1.807) is 19.1 Å². The molecular formula is C14H19N3O4. The number of carbonyl (C=O) groups excluding carboxylic acids is 3. The highest BCUT2D eigenvalue weighted by atomic mass is 16.5. The largest absolute Gasteiger partial charge is 0.466 e.